The van der Waals surface area contributed by atoms with Gasteiger partial charge in [0.05, 0.1) is 31.2 Å². The van der Waals surface area contributed by atoms with E-state index in [-0.39, 0.29) is 11.8 Å². The van der Waals surface area contributed by atoms with E-state index in [0.717, 1.165) is 72.5 Å². The second kappa shape index (κ2) is 9.98. The Kier molecular flexibility index (Phi) is 6.49. The minimum Gasteiger partial charge on any atom is -0.369 e. The molecule has 0 radical (unpaired) electrons. The zero-order valence-electron chi connectivity index (χ0n) is 22.9. The number of amides is 2. The van der Waals surface area contributed by atoms with E-state index >= 15 is 0 Å². The summed E-state index contributed by atoms with van der Waals surface area (Å²) >= 11 is 0. The molecule has 0 atom stereocenters. The molecule has 2 fully saturated rings. The number of carbonyl (C=O) groups excluding carboxylic acids is 2. The second-order valence-corrected chi connectivity index (χ2v) is 11.4. The van der Waals surface area contributed by atoms with E-state index in [1.807, 2.05) is 93.1 Å². The Morgan fingerprint density at radius 3 is 2.10 bits per heavy atom. The van der Waals surface area contributed by atoms with Gasteiger partial charge in [0.15, 0.2) is 0 Å². The summed E-state index contributed by atoms with van der Waals surface area (Å²) in [6.45, 7) is 4.11. The van der Waals surface area contributed by atoms with Crippen molar-refractivity contribution in [2.45, 2.75) is 18.9 Å². The average Bonchev–Trinajstić information content (AvgIpc) is 3.74. The fraction of sp³-hybridized carbons (Fsp3) is 0.312. The van der Waals surface area contributed by atoms with Crippen molar-refractivity contribution in [1.82, 2.24) is 9.47 Å². The first-order chi connectivity index (χ1) is 18.8. The third kappa shape index (κ3) is 5.07. The molecule has 7 heteroatoms. The zero-order chi connectivity index (χ0) is 27.1. The van der Waals surface area contributed by atoms with Crippen molar-refractivity contribution in [1.29, 1.82) is 0 Å². The Morgan fingerprint density at radius 1 is 0.795 bits per heavy atom. The maximum absolute atomic E-state index is 13.0. The van der Waals surface area contributed by atoms with Gasteiger partial charge in [-0.15, -0.1) is 0 Å². The average molecular weight is 523 g/mol. The number of hydrogen-bond donors (Lipinski definition) is 1. The topological polar surface area (TPSA) is 57.6 Å². The van der Waals surface area contributed by atoms with Crippen molar-refractivity contribution in [3.8, 4) is 5.69 Å². The van der Waals surface area contributed by atoms with E-state index in [9.17, 15) is 9.59 Å². The molecule has 1 aromatic heterocycles. The lowest BCUT2D eigenvalue weighted by molar-refractivity contribution is -0.819. The third-order valence-electron chi connectivity index (χ3n) is 8.32. The van der Waals surface area contributed by atoms with Gasteiger partial charge < -0.3 is 19.7 Å². The number of likely N-dealkylation sites (N-methyl/N-ethyl adjacent to an activating group) is 1. The lowest BCUT2D eigenvalue weighted by Crippen LogP contribution is -2.47. The predicted molar refractivity (Wildman–Crippen MR) is 157 cm³/mol. The van der Waals surface area contributed by atoms with Gasteiger partial charge in [-0.2, -0.15) is 0 Å². The number of hydrogen-bond acceptors (Lipinski definition) is 4. The largest absolute Gasteiger partial charge is 0.369 e. The van der Waals surface area contributed by atoms with Crippen molar-refractivity contribution in [2.75, 3.05) is 57.5 Å². The summed E-state index contributed by atoms with van der Waals surface area (Å²) in [6, 6.07) is 24.2. The monoisotopic (exact) mass is 522 g/mol. The predicted octanol–water partition coefficient (Wildman–Crippen LogP) is 5.01. The van der Waals surface area contributed by atoms with Crippen LogP contribution >= 0.6 is 0 Å². The molecule has 3 aromatic carbocycles. The number of rotatable bonds is 6. The number of anilines is 2. The lowest BCUT2D eigenvalue weighted by atomic mass is 10.1. The summed E-state index contributed by atoms with van der Waals surface area (Å²) in [6.07, 6.45) is 4.27. The number of benzene rings is 3. The van der Waals surface area contributed by atoms with E-state index in [0.29, 0.717) is 16.1 Å². The fourth-order valence-corrected chi connectivity index (χ4v) is 5.52. The first kappa shape index (κ1) is 25.3. The van der Waals surface area contributed by atoms with Crippen molar-refractivity contribution in [3.63, 3.8) is 0 Å². The van der Waals surface area contributed by atoms with E-state index in [1.54, 1.807) is 0 Å². The molecule has 1 N–H and O–H groups in total. The van der Waals surface area contributed by atoms with Crippen LogP contribution in [0, 0.1) is 0 Å². The summed E-state index contributed by atoms with van der Waals surface area (Å²) in [4.78, 5) is 30.7. The van der Waals surface area contributed by atoms with Gasteiger partial charge in [-0.1, -0.05) is 0 Å². The zero-order valence-corrected chi connectivity index (χ0v) is 22.9. The van der Waals surface area contributed by atoms with E-state index in [2.05, 4.69) is 26.7 Å². The molecule has 39 heavy (non-hydrogen) atoms. The molecule has 1 saturated carbocycles. The molecule has 2 heterocycles. The minimum atomic E-state index is -0.119. The molecule has 0 bridgehead atoms. The van der Waals surface area contributed by atoms with Crippen LogP contribution in [-0.4, -0.2) is 79.1 Å². The Labute approximate surface area is 229 Å². The highest BCUT2D eigenvalue weighted by Gasteiger charge is 2.44. The van der Waals surface area contributed by atoms with Crippen molar-refractivity contribution in [3.05, 3.63) is 90.1 Å². The molecule has 0 unspecified atom stereocenters. The van der Waals surface area contributed by atoms with Gasteiger partial charge in [0.25, 0.3) is 5.91 Å². The molecule has 0 spiro atoms. The van der Waals surface area contributed by atoms with Crippen LogP contribution in [0.4, 0.5) is 11.4 Å². The van der Waals surface area contributed by atoms with Crippen molar-refractivity contribution in [2.24, 2.45) is 0 Å². The normalized spacial score (nSPS) is 16.4. The van der Waals surface area contributed by atoms with Gasteiger partial charge in [-0.25, -0.2) is 4.79 Å². The lowest BCUT2D eigenvalue weighted by Gasteiger charge is -2.34. The number of fused-ring (bicyclic) bond motifs is 1. The Hall–Kier alpha value is -3.94. The Morgan fingerprint density at radius 2 is 1.44 bits per heavy atom. The highest BCUT2D eigenvalue weighted by atomic mass is 16.2. The van der Waals surface area contributed by atoms with Crippen LogP contribution in [0.3, 0.4) is 0 Å². The molecule has 1 aliphatic carbocycles. The SMILES string of the molecule is CN1CCN(c2ccc(C(=O)Nc3ccc4c(ccn4-c4ccc(C(=O)[N+](C)(C)C5CC5)cc4)c3)cc2)CC1. The fourth-order valence-electron chi connectivity index (χ4n) is 5.52. The quantitative estimate of drug-likeness (QED) is 0.362. The van der Waals surface area contributed by atoms with Crippen molar-refractivity contribution < 1.29 is 14.1 Å². The minimum absolute atomic E-state index is 0.119. The number of nitrogens with one attached hydrogen (secondary N) is 1. The smallest absolute Gasteiger partial charge is 0.345 e. The summed E-state index contributed by atoms with van der Waals surface area (Å²) in [5.74, 6) is 0.0438. The summed E-state index contributed by atoms with van der Waals surface area (Å²) in [5.41, 5.74) is 5.34. The van der Waals surface area contributed by atoms with Gasteiger partial charge in [-0.3, -0.25) is 9.28 Å². The summed E-state index contributed by atoms with van der Waals surface area (Å²) in [7, 11) is 6.16. The molecular weight excluding hydrogens is 486 g/mol. The third-order valence-corrected chi connectivity index (χ3v) is 8.32. The van der Waals surface area contributed by atoms with Crippen LogP contribution in [-0.2, 0) is 0 Å². The van der Waals surface area contributed by atoms with Crippen molar-refractivity contribution >= 4 is 34.1 Å². The molecule has 7 nitrogen and oxygen atoms in total. The number of piperazine rings is 1. The molecular formula is C32H36N5O2+. The van der Waals surface area contributed by atoms with Gasteiger partial charge in [0, 0.05) is 73.2 Å². The molecule has 1 aliphatic heterocycles. The first-order valence-electron chi connectivity index (χ1n) is 13.7. The maximum atomic E-state index is 13.0. The molecule has 2 amide bonds. The molecule has 6 rings (SSSR count). The highest BCUT2D eigenvalue weighted by Crippen LogP contribution is 2.32. The Bertz CT molecular complexity index is 1510. The van der Waals surface area contributed by atoms with Crippen LogP contribution in [0.5, 0.6) is 0 Å². The summed E-state index contributed by atoms with van der Waals surface area (Å²) < 4.78 is 2.52. The highest BCUT2D eigenvalue weighted by molar-refractivity contribution is 6.05. The number of nitrogens with zero attached hydrogens (tertiary/aromatic N) is 4. The van der Waals surface area contributed by atoms with Gasteiger partial charge >= 0.3 is 5.91 Å². The molecule has 1 saturated heterocycles. The van der Waals surface area contributed by atoms with Crippen LogP contribution in [0.2, 0.25) is 0 Å². The number of aromatic nitrogens is 1. The molecule has 4 aromatic rings. The standard InChI is InChI=1S/C32H35N5O2/c1-34-18-20-35(21-19-34)27-9-4-23(5-10-27)31(38)33-26-8-15-30-25(22-26)16-17-36(30)28-11-6-24(7-12-28)32(39)37(2,3)29-13-14-29/h4-12,15-17,22,29H,13-14,18-21H2,1-3H3/p+1. The van der Waals surface area contributed by atoms with Crippen LogP contribution < -0.4 is 10.2 Å². The van der Waals surface area contributed by atoms with Gasteiger partial charge in [0.1, 0.15) is 0 Å². The maximum Gasteiger partial charge on any atom is 0.345 e. The molecule has 200 valence electrons. The van der Waals surface area contributed by atoms with E-state index < -0.39 is 0 Å². The Balaban J connectivity index is 1.14. The number of quaternary nitrogens is 1. The number of carbonyl (C=O) groups is 2. The van der Waals surface area contributed by atoms with E-state index in [1.165, 1.54) is 0 Å². The van der Waals surface area contributed by atoms with Gasteiger partial charge in [0.2, 0.25) is 0 Å². The van der Waals surface area contributed by atoms with Gasteiger partial charge in [-0.05, 0) is 79.8 Å². The van der Waals surface area contributed by atoms with Crippen LogP contribution in [0.1, 0.15) is 33.6 Å². The first-order valence-corrected chi connectivity index (χ1v) is 13.7. The van der Waals surface area contributed by atoms with Crippen LogP contribution in [0.25, 0.3) is 16.6 Å². The molecule has 2 aliphatic rings. The van der Waals surface area contributed by atoms with E-state index in [4.69, 9.17) is 0 Å². The van der Waals surface area contributed by atoms with Crippen LogP contribution in [0.15, 0.2) is 79.0 Å². The summed E-state index contributed by atoms with van der Waals surface area (Å²) in [5, 5.41) is 4.08. The second-order valence-electron chi connectivity index (χ2n) is 11.4.